The second-order valence-corrected chi connectivity index (χ2v) is 10.9. The van der Waals surface area contributed by atoms with E-state index in [2.05, 4.69) is 15.2 Å². The van der Waals surface area contributed by atoms with Crippen molar-refractivity contribution in [2.75, 3.05) is 44.8 Å². The van der Waals surface area contributed by atoms with Gasteiger partial charge in [0, 0.05) is 60.1 Å². The van der Waals surface area contributed by atoms with Crippen LogP contribution in [0.15, 0.2) is 30.3 Å². The molecule has 3 N–H and O–H groups in total. The Morgan fingerprint density at radius 3 is 2.50 bits per heavy atom. The van der Waals surface area contributed by atoms with Crippen LogP contribution in [0, 0.1) is 17.5 Å². The summed E-state index contributed by atoms with van der Waals surface area (Å²) in [6, 6.07) is 5.40. The lowest BCUT2D eigenvalue weighted by Crippen LogP contribution is -2.54. The number of alkyl halides is 2. The molecular weight excluding hydrogens is 503 g/mol. The third kappa shape index (κ3) is 5.13. The minimum atomic E-state index is -2.01. The number of aromatic nitrogens is 1. The molecule has 0 saturated carbocycles. The van der Waals surface area contributed by atoms with E-state index < -0.39 is 35.8 Å². The first-order chi connectivity index (χ1) is 18.1. The number of hydrogen-bond donors (Lipinski definition) is 3. The first-order valence-electron chi connectivity index (χ1n) is 13.0. The Bertz CT molecular complexity index is 1280. The molecule has 0 bridgehead atoms. The summed E-state index contributed by atoms with van der Waals surface area (Å²) in [5, 5.41) is 13.4. The van der Waals surface area contributed by atoms with Crippen LogP contribution in [0.2, 0.25) is 0 Å². The van der Waals surface area contributed by atoms with Gasteiger partial charge in [0.2, 0.25) is 0 Å². The van der Waals surface area contributed by atoms with Crippen molar-refractivity contribution in [1.29, 1.82) is 0 Å². The lowest BCUT2D eigenvalue weighted by molar-refractivity contribution is 0.0162. The molecule has 10 heteroatoms. The molecule has 206 valence electrons. The van der Waals surface area contributed by atoms with Gasteiger partial charge in [-0.25, -0.2) is 17.6 Å². The molecule has 1 fully saturated rings. The molecule has 3 heterocycles. The van der Waals surface area contributed by atoms with Gasteiger partial charge in [-0.2, -0.15) is 0 Å². The summed E-state index contributed by atoms with van der Waals surface area (Å²) in [5.41, 5.74) is -0.0993. The lowest BCUT2D eigenvalue weighted by Gasteiger charge is -2.43. The maximum atomic E-state index is 15.8. The molecule has 2 aromatic carbocycles. The number of nitrogens with zero attached hydrogens (tertiary/aromatic N) is 2. The van der Waals surface area contributed by atoms with Gasteiger partial charge < -0.3 is 15.4 Å². The van der Waals surface area contributed by atoms with Gasteiger partial charge in [-0.1, -0.05) is 0 Å². The first kappa shape index (κ1) is 26.9. The summed E-state index contributed by atoms with van der Waals surface area (Å²) in [6.45, 7) is 3.66. The fourth-order valence-electron chi connectivity index (χ4n) is 5.81. The number of aromatic amines is 1. The zero-order valence-corrected chi connectivity index (χ0v) is 21.5. The first-order valence-corrected chi connectivity index (χ1v) is 13.0. The van der Waals surface area contributed by atoms with Gasteiger partial charge in [-0.05, 0) is 62.6 Å². The number of nitrogens with one attached hydrogen (secondary N) is 2. The van der Waals surface area contributed by atoms with Gasteiger partial charge in [0.1, 0.15) is 23.1 Å². The average Bonchev–Trinajstić information content (AvgIpc) is 3.18. The van der Waals surface area contributed by atoms with E-state index in [4.69, 9.17) is 0 Å². The number of likely N-dealkylation sites (tertiary alicyclic amines) is 1. The van der Waals surface area contributed by atoms with Gasteiger partial charge in [-0.3, -0.25) is 14.2 Å². The molecule has 1 aromatic heterocycles. The van der Waals surface area contributed by atoms with Crippen LogP contribution in [0.25, 0.3) is 10.9 Å². The standard InChI is InChI=1S/C28H33F5N4O/c1-16-8-21-20-9-17(30)4-5-24(20)35-26(21)27(37(16)14-28(2,33)15-38)25-22(31)10-18(11-23(25)32)34-19-12-36(13-19)7-3-6-29/h4-5,9-11,16,19,27,34-35,38H,3,6-8,12-15H2,1-2H3/t16-,27-,28+/m1/s1. The fourth-order valence-corrected chi connectivity index (χ4v) is 5.81. The van der Waals surface area contributed by atoms with Crippen molar-refractivity contribution < 1.29 is 27.1 Å². The van der Waals surface area contributed by atoms with Crippen LogP contribution in [0.5, 0.6) is 0 Å². The highest BCUT2D eigenvalue weighted by Crippen LogP contribution is 2.43. The number of aliphatic hydroxyl groups is 1. The molecule has 1 saturated heterocycles. The van der Waals surface area contributed by atoms with Gasteiger partial charge in [-0.15, -0.1) is 0 Å². The van der Waals surface area contributed by atoms with Crippen LogP contribution >= 0.6 is 0 Å². The quantitative estimate of drug-likeness (QED) is 0.333. The summed E-state index contributed by atoms with van der Waals surface area (Å²) >= 11 is 0. The molecule has 3 atom stereocenters. The molecule has 0 amide bonds. The minimum absolute atomic E-state index is 0.00234. The van der Waals surface area contributed by atoms with Crippen LogP contribution < -0.4 is 5.32 Å². The Balaban J connectivity index is 1.52. The highest BCUT2D eigenvalue weighted by molar-refractivity contribution is 5.85. The van der Waals surface area contributed by atoms with E-state index in [-0.39, 0.29) is 30.9 Å². The Kier molecular flexibility index (Phi) is 7.41. The van der Waals surface area contributed by atoms with E-state index in [1.165, 1.54) is 31.2 Å². The summed E-state index contributed by atoms with van der Waals surface area (Å²) in [7, 11) is 0. The number of rotatable bonds is 9. The third-order valence-electron chi connectivity index (χ3n) is 7.70. The van der Waals surface area contributed by atoms with Gasteiger partial charge >= 0.3 is 0 Å². The Morgan fingerprint density at radius 1 is 1.13 bits per heavy atom. The van der Waals surface area contributed by atoms with Crippen molar-refractivity contribution in [2.45, 2.75) is 50.5 Å². The minimum Gasteiger partial charge on any atom is -0.393 e. The van der Waals surface area contributed by atoms with E-state index in [0.29, 0.717) is 54.8 Å². The van der Waals surface area contributed by atoms with Gasteiger partial charge in [0.25, 0.3) is 0 Å². The molecule has 3 aromatic rings. The second kappa shape index (κ2) is 10.5. The molecule has 0 unspecified atom stereocenters. The van der Waals surface area contributed by atoms with Crippen LogP contribution in [0.3, 0.4) is 0 Å². The molecule has 2 aliphatic heterocycles. The van der Waals surface area contributed by atoms with Crippen molar-refractivity contribution in [2.24, 2.45) is 0 Å². The Morgan fingerprint density at radius 2 is 1.84 bits per heavy atom. The smallest absolute Gasteiger partial charge is 0.143 e. The number of anilines is 1. The average molecular weight is 537 g/mol. The number of H-pyrrole nitrogens is 1. The number of hydrogen-bond acceptors (Lipinski definition) is 4. The normalized spacial score (nSPS) is 22.3. The molecule has 0 aliphatic carbocycles. The predicted octanol–water partition coefficient (Wildman–Crippen LogP) is 5.10. The molecular formula is C28H33F5N4O. The highest BCUT2D eigenvalue weighted by atomic mass is 19.2. The van der Waals surface area contributed by atoms with Crippen molar-refractivity contribution in [3.8, 4) is 0 Å². The van der Waals surface area contributed by atoms with Crippen molar-refractivity contribution in [3.63, 3.8) is 0 Å². The van der Waals surface area contributed by atoms with E-state index in [0.717, 1.165) is 5.56 Å². The van der Waals surface area contributed by atoms with Gasteiger partial charge in [0.15, 0.2) is 0 Å². The largest absolute Gasteiger partial charge is 0.393 e. The number of fused-ring (bicyclic) bond motifs is 3. The number of aliphatic hydroxyl groups excluding tert-OH is 1. The maximum Gasteiger partial charge on any atom is 0.143 e. The molecule has 5 rings (SSSR count). The zero-order valence-electron chi connectivity index (χ0n) is 21.5. The number of benzene rings is 2. The SMILES string of the molecule is C[C@@H]1Cc2c([nH]c3ccc(F)cc23)[C@@H](c2c(F)cc(NC3CN(CCCF)C3)cc2F)N1C[C@](C)(F)CO. The van der Waals surface area contributed by atoms with Crippen LogP contribution in [-0.2, 0) is 6.42 Å². The second-order valence-electron chi connectivity index (χ2n) is 10.9. The molecule has 5 nitrogen and oxygen atoms in total. The van der Waals surface area contributed by atoms with Crippen molar-refractivity contribution >= 4 is 16.6 Å². The van der Waals surface area contributed by atoms with Crippen molar-refractivity contribution in [1.82, 2.24) is 14.8 Å². The maximum absolute atomic E-state index is 15.8. The summed E-state index contributed by atoms with van der Waals surface area (Å²) in [4.78, 5) is 6.94. The number of halogens is 5. The van der Waals surface area contributed by atoms with E-state index in [1.807, 2.05) is 6.92 Å². The summed E-state index contributed by atoms with van der Waals surface area (Å²) in [5.74, 6) is -1.99. The molecule has 0 radical (unpaired) electrons. The fraction of sp³-hybridized carbons (Fsp3) is 0.500. The topological polar surface area (TPSA) is 54.5 Å². The van der Waals surface area contributed by atoms with E-state index >= 15 is 13.2 Å². The molecule has 2 aliphatic rings. The summed E-state index contributed by atoms with van der Waals surface area (Å²) < 4.78 is 73.1. The van der Waals surface area contributed by atoms with Crippen LogP contribution in [0.4, 0.5) is 27.6 Å². The Labute approximate surface area is 218 Å². The van der Waals surface area contributed by atoms with E-state index in [9.17, 15) is 13.9 Å². The summed E-state index contributed by atoms with van der Waals surface area (Å²) in [6.07, 6.45) is 0.873. The molecule has 0 spiro atoms. The van der Waals surface area contributed by atoms with Gasteiger partial charge in [0.05, 0.1) is 25.4 Å². The van der Waals surface area contributed by atoms with Crippen molar-refractivity contribution in [3.05, 3.63) is 64.6 Å². The zero-order chi connectivity index (χ0) is 27.2. The molecule has 38 heavy (non-hydrogen) atoms. The monoisotopic (exact) mass is 536 g/mol. The third-order valence-corrected chi connectivity index (χ3v) is 7.70. The predicted molar refractivity (Wildman–Crippen MR) is 137 cm³/mol. The van der Waals surface area contributed by atoms with Crippen LogP contribution in [0.1, 0.15) is 43.1 Å². The Hall–Kier alpha value is -2.69. The highest BCUT2D eigenvalue weighted by Gasteiger charge is 2.42. The van der Waals surface area contributed by atoms with Crippen LogP contribution in [-0.4, -0.2) is 77.1 Å². The van der Waals surface area contributed by atoms with E-state index in [1.54, 1.807) is 11.0 Å². The lowest BCUT2D eigenvalue weighted by atomic mass is 9.87.